The van der Waals surface area contributed by atoms with Gasteiger partial charge in [-0.2, -0.15) is 5.10 Å². The Bertz CT molecular complexity index is 706. The van der Waals surface area contributed by atoms with Gasteiger partial charge in [-0.3, -0.25) is 14.5 Å². The number of ether oxygens (including phenoxy) is 1. The summed E-state index contributed by atoms with van der Waals surface area (Å²) in [4.78, 5) is 16.8. The molecular weight excluding hydrogens is 292 g/mol. The molecule has 0 saturated heterocycles. The Morgan fingerprint density at radius 1 is 1.48 bits per heavy atom. The second-order valence-corrected chi connectivity index (χ2v) is 5.95. The number of carbonyl (C=O) groups is 1. The van der Waals surface area contributed by atoms with Crippen LogP contribution in [-0.2, 0) is 0 Å². The number of methoxy groups -OCH3 is 1. The molecule has 1 aliphatic rings. The number of hydrogen-bond acceptors (Lipinski definition) is 4. The Kier molecular flexibility index (Phi) is 4.32. The van der Waals surface area contributed by atoms with Gasteiger partial charge in [-0.25, -0.2) is 0 Å². The number of rotatable bonds is 6. The molecule has 2 heterocycles. The lowest BCUT2D eigenvalue weighted by Crippen LogP contribution is -2.16. The molecule has 0 radical (unpaired) electrons. The van der Waals surface area contributed by atoms with Crippen molar-refractivity contribution in [3.05, 3.63) is 35.9 Å². The summed E-state index contributed by atoms with van der Waals surface area (Å²) in [6, 6.07) is 2.01. The van der Waals surface area contributed by atoms with E-state index in [2.05, 4.69) is 29.2 Å². The van der Waals surface area contributed by atoms with Crippen molar-refractivity contribution in [3.63, 3.8) is 0 Å². The maximum Gasteiger partial charge on any atom is 0.259 e. The predicted octanol–water partition coefficient (Wildman–Crippen LogP) is 3.39. The van der Waals surface area contributed by atoms with Crippen molar-refractivity contribution >= 4 is 11.6 Å². The Morgan fingerprint density at radius 2 is 2.26 bits per heavy atom. The van der Waals surface area contributed by atoms with Gasteiger partial charge in [-0.15, -0.1) is 0 Å². The highest BCUT2D eigenvalue weighted by molar-refractivity contribution is 6.05. The summed E-state index contributed by atoms with van der Waals surface area (Å²) in [6.07, 6.45) is 8.13. The van der Waals surface area contributed by atoms with Gasteiger partial charge in [0.25, 0.3) is 5.91 Å². The van der Waals surface area contributed by atoms with E-state index in [9.17, 15) is 4.79 Å². The fourth-order valence-corrected chi connectivity index (χ4v) is 2.68. The van der Waals surface area contributed by atoms with E-state index < -0.39 is 0 Å². The topological polar surface area (TPSA) is 69.0 Å². The molecule has 2 aromatic rings. The van der Waals surface area contributed by atoms with Crippen LogP contribution < -0.4 is 10.1 Å². The highest BCUT2D eigenvalue weighted by atomic mass is 16.5. The molecule has 122 valence electrons. The number of nitrogens with zero attached hydrogens (tertiary/aromatic N) is 3. The van der Waals surface area contributed by atoms with Crippen LogP contribution in [0.2, 0.25) is 0 Å². The van der Waals surface area contributed by atoms with E-state index in [1.165, 1.54) is 0 Å². The van der Waals surface area contributed by atoms with Gasteiger partial charge in [0.05, 0.1) is 30.8 Å². The van der Waals surface area contributed by atoms with Gasteiger partial charge in [0.15, 0.2) is 0 Å². The molecule has 0 aromatic carbocycles. The van der Waals surface area contributed by atoms with E-state index in [0.29, 0.717) is 29.0 Å². The third-order valence-corrected chi connectivity index (χ3v) is 4.30. The zero-order valence-corrected chi connectivity index (χ0v) is 13.7. The molecule has 1 N–H and O–H groups in total. The van der Waals surface area contributed by atoms with Gasteiger partial charge in [-0.05, 0) is 26.2 Å². The van der Waals surface area contributed by atoms with E-state index in [4.69, 9.17) is 4.74 Å². The van der Waals surface area contributed by atoms with Gasteiger partial charge in [0.1, 0.15) is 11.4 Å². The van der Waals surface area contributed by atoms with E-state index >= 15 is 0 Å². The summed E-state index contributed by atoms with van der Waals surface area (Å²) in [5, 5.41) is 7.35. The maximum absolute atomic E-state index is 12.7. The Morgan fingerprint density at radius 3 is 2.91 bits per heavy atom. The van der Waals surface area contributed by atoms with Crippen LogP contribution in [-0.4, -0.2) is 27.8 Å². The third-order valence-electron chi connectivity index (χ3n) is 4.30. The van der Waals surface area contributed by atoms with Crippen molar-refractivity contribution in [2.45, 2.75) is 45.1 Å². The molecular formula is C17H22N4O2. The SMILES string of the molecule is CC[C@H](C)n1ncc(C(=O)Nc2cnccc2OC)c1C1CC1. The van der Waals surface area contributed by atoms with Crippen molar-refractivity contribution in [2.24, 2.45) is 0 Å². The van der Waals surface area contributed by atoms with Gasteiger partial charge in [0.2, 0.25) is 0 Å². The summed E-state index contributed by atoms with van der Waals surface area (Å²) in [6.45, 7) is 4.26. The lowest BCUT2D eigenvalue weighted by atomic mass is 10.1. The maximum atomic E-state index is 12.7. The molecule has 23 heavy (non-hydrogen) atoms. The number of pyridine rings is 1. The number of aromatic nitrogens is 3. The second kappa shape index (κ2) is 6.40. The normalized spacial score (nSPS) is 15.3. The average Bonchev–Trinajstić information content (AvgIpc) is 3.32. The van der Waals surface area contributed by atoms with Crippen molar-refractivity contribution in [2.75, 3.05) is 12.4 Å². The second-order valence-electron chi connectivity index (χ2n) is 5.95. The lowest BCUT2D eigenvalue weighted by molar-refractivity contribution is 0.102. The predicted molar refractivity (Wildman–Crippen MR) is 87.9 cm³/mol. The van der Waals surface area contributed by atoms with Crippen molar-refractivity contribution in [1.29, 1.82) is 0 Å². The van der Waals surface area contributed by atoms with E-state index in [1.807, 2.05) is 4.68 Å². The summed E-state index contributed by atoms with van der Waals surface area (Å²) in [7, 11) is 1.57. The van der Waals surface area contributed by atoms with Crippen LogP contribution >= 0.6 is 0 Å². The highest BCUT2D eigenvalue weighted by Crippen LogP contribution is 2.43. The Hall–Kier alpha value is -2.37. The minimum absolute atomic E-state index is 0.159. The first kappa shape index (κ1) is 15.5. The number of hydrogen-bond donors (Lipinski definition) is 1. The molecule has 1 fully saturated rings. The van der Waals surface area contributed by atoms with Crippen LogP contribution in [0.25, 0.3) is 0 Å². The summed E-state index contributed by atoms with van der Waals surface area (Å²) >= 11 is 0. The average molecular weight is 314 g/mol. The van der Waals surface area contributed by atoms with Crippen molar-refractivity contribution < 1.29 is 9.53 Å². The zero-order chi connectivity index (χ0) is 16.4. The first-order valence-electron chi connectivity index (χ1n) is 8.02. The molecule has 0 aliphatic heterocycles. The van der Waals surface area contributed by atoms with Gasteiger partial charge in [-0.1, -0.05) is 6.92 Å². The van der Waals surface area contributed by atoms with Crippen LogP contribution in [0.15, 0.2) is 24.7 Å². The number of nitrogens with one attached hydrogen (secondary N) is 1. The molecule has 1 aliphatic carbocycles. The van der Waals surface area contributed by atoms with Crippen molar-refractivity contribution in [1.82, 2.24) is 14.8 Å². The smallest absolute Gasteiger partial charge is 0.259 e. The first-order valence-corrected chi connectivity index (χ1v) is 8.02. The lowest BCUT2D eigenvalue weighted by Gasteiger charge is -2.15. The van der Waals surface area contributed by atoms with E-state index in [-0.39, 0.29) is 5.91 Å². The van der Waals surface area contributed by atoms with Crippen LogP contribution in [0.4, 0.5) is 5.69 Å². The fraction of sp³-hybridized carbons (Fsp3) is 0.471. The summed E-state index contributed by atoms with van der Waals surface area (Å²) in [5.41, 5.74) is 2.27. The molecule has 1 atom stereocenters. The molecule has 0 unspecified atom stereocenters. The van der Waals surface area contributed by atoms with Crippen LogP contribution in [0.5, 0.6) is 5.75 Å². The quantitative estimate of drug-likeness (QED) is 0.887. The molecule has 1 saturated carbocycles. The molecule has 3 rings (SSSR count). The fourth-order valence-electron chi connectivity index (χ4n) is 2.68. The molecule has 6 nitrogen and oxygen atoms in total. The minimum atomic E-state index is -0.159. The molecule has 0 bridgehead atoms. The summed E-state index contributed by atoms with van der Waals surface area (Å²) in [5.74, 6) is 0.881. The monoisotopic (exact) mass is 314 g/mol. The Labute approximate surface area is 135 Å². The van der Waals surface area contributed by atoms with Gasteiger partial charge in [0, 0.05) is 24.2 Å². The minimum Gasteiger partial charge on any atom is -0.494 e. The molecule has 2 aromatic heterocycles. The van der Waals surface area contributed by atoms with Crippen molar-refractivity contribution in [3.8, 4) is 5.75 Å². The number of amides is 1. The van der Waals surface area contributed by atoms with E-state index in [1.54, 1.807) is 31.8 Å². The van der Waals surface area contributed by atoms with Gasteiger partial charge >= 0.3 is 0 Å². The molecule has 6 heteroatoms. The number of anilines is 1. The Balaban J connectivity index is 1.89. The van der Waals surface area contributed by atoms with Crippen LogP contribution in [0, 0.1) is 0 Å². The number of carbonyl (C=O) groups excluding carboxylic acids is 1. The highest BCUT2D eigenvalue weighted by Gasteiger charge is 2.33. The molecule has 1 amide bonds. The van der Waals surface area contributed by atoms with E-state index in [0.717, 1.165) is 25.0 Å². The standard InChI is InChI=1S/C17H22N4O2/c1-4-11(2)21-16(12-5-6-12)13(9-19-21)17(22)20-14-10-18-8-7-15(14)23-3/h7-12H,4-6H2,1-3H3,(H,20,22)/t11-/m0/s1. The first-order chi connectivity index (χ1) is 11.2. The van der Waals surface area contributed by atoms with Gasteiger partial charge < -0.3 is 10.1 Å². The summed E-state index contributed by atoms with van der Waals surface area (Å²) < 4.78 is 7.26. The third kappa shape index (κ3) is 3.06. The van der Waals surface area contributed by atoms with Crippen LogP contribution in [0.1, 0.15) is 61.1 Å². The van der Waals surface area contributed by atoms with Crippen LogP contribution in [0.3, 0.4) is 0 Å². The largest absolute Gasteiger partial charge is 0.494 e. The molecule has 0 spiro atoms. The zero-order valence-electron chi connectivity index (χ0n) is 13.7.